The number of hydrogen-bond acceptors (Lipinski definition) is 6. The maximum absolute atomic E-state index is 12.7. The molecule has 0 aliphatic heterocycles. The maximum Gasteiger partial charge on any atom is 0.240 e. The number of aromatic nitrogens is 3. The highest BCUT2D eigenvalue weighted by Crippen LogP contribution is 2.29. The normalized spacial score (nSPS) is 14.8. The molecule has 164 valence electrons. The number of nitrogens with zero attached hydrogens (tertiary/aromatic N) is 3. The standard InChI is InChI=1S/C22H25F2N5O2/c1-13-26-12-18(31-13)15-7-8-16-17(11-15)27-22(28-20(16)25-10-9-19(23)24)29-21(30)14-5-3-2-4-6-14/h7-8,11-12,14,19H,2-6,9-10H2,1H3,(H2,25,27,28,29,30). The second-order valence-corrected chi connectivity index (χ2v) is 7.80. The molecule has 0 atom stereocenters. The summed E-state index contributed by atoms with van der Waals surface area (Å²) in [4.78, 5) is 25.7. The predicted octanol–water partition coefficient (Wildman–Crippen LogP) is 5.18. The minimum Gasteiger partial charge on any atom is -0.441 e. The number of halogens is 2. The van der Waals surface area contributed by atoms with Crippen LogP contribution in [0, 0.1) is 12.8 Å². The SMILES string of the molecule is Cc1ncc(-c2ccc3c(NCCC(F)F)nc(NC(=O)C4CCCCC4)nc3c2)o1. The molecule has 0 saturated heterocycles. The van der Waals surface area contributed by atoms with Gasteiger partial charge in [-0.25, -0.2) is 18.7 Å². The Labute approximate surface area is 178 Å². The molecule has 1 aromatic carbocycles. The average Bonchev–Trinajstić information content (AvgIpc) is 3.20. The lowest BCUT2D eigenvalue weighted by molar-refractivity contribution is -0.120. The first-order valence-electron chi connectivity index (χ1n) is 10.6. The van der Waals surface area contributed by atoms with Crippen molar-refractivity contribution in [3.05, 3.63) is 30.3 Å². The lowest BCUT2D eigenvalue weighted by atomic mass is 9.89. The van der Waals surface area contributed by atoms with Crippen molar-refractivity contribution in [2.24, 2.45) is 5.92 Å². The van der Waals surface area contributed by atoms with Gasteiger partial charge in [-0.05, 0) is 25.0 Å². The molecule has 2 heterocycles. The molecular formula is C22H25F2N5O2. The predicted molar refractivity (Wildman–Crippen MR) is 114 cm³/mol. The first-order valence-corrected chi connectivity index (χ1v) is 10.6. The molecule has 0 unspecified atom stereocenters. The van der Waals surface area contributed by atoms with Gasteiger partial charge in [-0.3, -0.25) is 10.1 Å². The third-order valence-corrected chi connectivity index (χ3v) is 5.47. The Hall–Kier alpha value is -3.10. The molecule has 1 saturated carbocycles. The average molecular weight is 429 g/mol. The van der Waals surface area contributed by atoms with Crippen LogP contribution in [0.15, 0.2) is 28.8 Å². The Balaban J connectivity index is 1.65. The lowest BCUT2D eigenvalue weighted by Gasteiger charge is -2.20. The highest BCUT2D eigenvalue weighted by atomic mass is 19.3. The molecule has 7 nitrogen and oxygen atoms in total. The molecule has 0 bridgehead atoms. The van der Waals surface area contributed by atoms with Crippen LogP contribution in [0.3, 0.4) is 0 Å². The summed E-state index contributed by atoms with van der Waals surface area (Å²) >= 11 is 0. The molecule has 1 fully saturated rings. The van der Waals surface area contributed by atoms with Crippen LogP contribution in [0.2, 0.25) is 0 Å². The van der Waals surface area contributed by atoms with E-state index in [2.05, 4.69) is 25.6 Å². The van der Waals surface area contributed by atoms with Gasteiger partial charge in [0.1, 0.15) is 5.82 Å². The van der Waals surface area contributed by atoms with E-state index in [1.54, 1.807) is 19.2 Å². The van der Waals surface area contributed by atoms with Gasteiger partial charge in [0.05, 0.1) is 11.7 Å². The lowest BCUT2D eigenvalue weighted by Crippen LogP contribution is -2.25. The maximum atomic E-state index is 12.7. The summed E-state index contributed by atoms with van der Waals surface area (Å²) in [7, 11) is 0. The molecule has 2 N–H and O–H groups in total. The number of anilines is 2. The third kappa shape index (κ3) is 5.15. The summed E-state index contributed by atoms with van der Waals surface area (Å²) in [6.07, 6.45) is 3.86. The Morgan fingerprint density at radius 3 is 2.74 bits per heavy atom. The number of nitrogens with one attached hydrogen (secondary N) is 2. The number of hydrogen-bond donors (Lipinski definition) is 2. The topological polar surface area (TPSA) is 92.9 Å². The Kier molecular flexibility index (Phi) is 6.39. The molecule has 3 aromatic rings. The zero-order valence-electron chi connectivity index (χ0n) is 17.3. The van der Waals surface area contributed by atoms with Crippen LogP contribution in [-0.2, 0) is 4.79 Å². The number of rotatable bonds is 7. The smallest absolute Gasteiger partial charge is 0.240 e. The Morgan fingerprint density at radius 2 is 2.03 bits per heavy atom. The molecular weight excluding hydrogens is 404 g/mol. The van der Waals surface area contributed by atoms with E-state index >= 15 is 0 Å². The fraction of sp³-hybridized carbons (Fsp3) is 0.455. The van der Waals surface area contributed by atoms with Gasteiger partial charge in [0, 0.05) is 36.8 Å². The fourth-order valence-electron chi connectivity index (χ4n) is 3.85. The van der Waals surface area contributed by atoms with E-state index in [0.29, 0.717) is 28.4 Å². The minimum atomic E-state index is -2.41. The third-order valence-electron chi connectivity index (χ3n) is 5.47. The van der Waals surface area contributed by atoms with Crippen LogP contribution >= 0.6 is 0 Å². The second-order valence-electron chi connectivity index (χ2n) is 7.80. The highest BCUT2D eigenvalue weighted by molar-refractivity contribution is 5.96. The van der Waals surface area contributed by atoms with Gasteiger partial charge in [-0.1, -0.05) is 25.3 Å². The van der Waals surface area contributed by atoms with E-state index in [4.69, 9.17) is 4.42 Å². The number of carbonyl (C=O) groups excluding carboxylic acids is 1. The minimum absolute atomic E-state index is 0.0493. The van der Waals surface area contributed by atoms with E-state index in [1.807, 2.05) is 12.1 Å². The van der Waals surface area contributed by atoms with E-state index in [1.165, 1.54) is 0 Å². The van der Waals surface area contributed by atoms with Gasteiger partial charge in [-0.2, -0.15) is 4.98 Å². The number of carbonyl (C=O) groups is 1. The summed E-state index contributed by atoms with van der Waals surface area (Å²) in [5.74, 6) is 1.57. The fourth-order valence-corrected chi connectivity index (χ4v) is 3.85. The van der Waals surface area contributed by atoms with Gasteiger partial charge < -0.3 is 9.73 Å². The summed E-state index contributed by atoms with van der Waals surface area (Å²) in [6.45, 7) is 1.82. The quantitative estimate of drug-likeness (QED) is 0.538. The molecule has 9 heteroatoms. The largest absolute Gasteiger partial charge is 0.441 e. The highest BCUT2D eigenvalue weighted by Gasteiger charge is 2.22. The second kappa shape index (κ2) is 9.36. The zero-order valence-corrected chi connectivity index (χ0v) is 17.3. The Morgan fingerprint density at radius 1 is 1.23 bits per heavy atom. The first-order chi connectivity index (χ1) is 15.0. The van der Waals surface area contributed by atoms with Crippen molar-refractivity contribution in [2.45, 2.75) is 51.9 Å². The van der Waals surface area contributed by atoms with Crippen LogP contribution in [0.4, 0.5) is 20.5 Å². The van der Waals surface area contributed by atoms with E-state index < -0.39 is 6.43 Å². The summed E-state index contributed by atoms with van der Waals surface area (Å²) in [5.41, 5.74) is 1.34. The number of alkyl halides is 2. The zero-order chi connectivity index (χ0) is 21.8. The molecule has 0 spiro atoms. The molecule has 4 rings (SSSR count). The van der Waals surface area contributed by atoms with Gasteiger partial charge in [0.25, 0.3) is 0 Å². The molecule has 31 heavy (non-hydrogen) atoms. The molecule has 0 radical (unpaired) electrons. The van der Waals surface area contributed by atoms with Crippen molar-refractivity contribution >= 4 is 28.6 Å². The van der Waals surface area contributed by atoms with Crippen molar-refractivity contribution < 1.29 is 18.0 Å². The number of oxazole rings is 1. The van der Waals surface area contributed by atoms with Crippen LogP contribution in [-0.4, -0.2) is 33.8 Å². The van der Waals surface area contributed by atoms with Crippen LogP contribution in [0.5, 0.6) is 0 Å². The van der Waals surface area contributed by atoms with Gasteiger partial charge in [-0.15, -0.1) is 0 Å². The van der Waals surface area contributed by atoms with Crippen LogP contribution in [0.1, 0.15) is 44.4 Å². The van der Waals surface area contributed by atoms with Crippen molar-refractivity contribution in [3.8, 4) is 11.3 Å². The summed E-state index contributed by atoms with van der Waals surface area (Å²) in [6, 6.07) is 5.45. The van der Waals surface area contributed by atoms with Crippen molar-refractivity contribution in [2.75, 3.05) is 17.2 Å². The monoisotopic (exact) mass is 429 g/mol. The van der Waals surface area contributed by atoms with Crippen molar-refractivity contribution in [3.63, 3.8) is 0 Å². The van der Waals surface area contributed by atoms with E-state index in [0.717, 1.165) is 37.7 Å². The molecule has 1 aliphatic rings. The Bertz CT molecular complexity index is 1060. The van der Waals surface area contributed by atoms with E-state index in [9.17, 15) is 13.6 Å². The molecule has 1 amide bonds. The first kappa shape index (κ1) is 21.1. The number of fused-ring (bicyclic) bond motifs is 1. The molecule has 2 aromatic heterocycles. The van der Waals surface area contributed by atoms with Crippen LogP contribution in [0.25, 0.3) is 22.2 Å². The number of aryl methyl sites for hydroxylation is 1. The van der Waals surface area contributed by atoms with Crippen molar-refractivity contribution in [1.82, 2.24) is 15.0 Å². The molecule has 1 aliphatic carbocycles. The van der Waals surface area contributed by atoms with Gasteiger partial charge in [0.15, 0.2) is 11.7 Å². The summed E-state index contributed by atoms with van der Waals surface area (Å²) in [5, 5.41) is 6.45. The van der Waals surface area contributed by atoms with Gasteiger partial charge in [0.2, 0.25) is 18.3 Å². The van der Waals surface area contributed by atoms with E-state index in [-0.39, 0.29) is 30.7 Å². The van der Waals surface area contributed by atoms with Gasteiger partial charge >= 0.3 is 0 Å². The number of benzene rings is 1. The van der Waals surface area contributed by atoms with Crippen molar-refractivity contribution in [1.29, 1.82) is 0 Å². The number of amides is 1. The summed E-state index contributed by atoms with van der Waals surface area (Å²) < 4.78 is 30.8. The van der Waals surface area contributed by atoms with Crippen LogP contribution < -0.4 is 10.6 Å².